The van der Waals surface area contributed by atoms with E-state index < -0.39 is 0 Å². The second kappa shape index (κ2) is 5.12. The zero-order chi connectivity index (χ0) is 12.4. The zero-order valence-electron chi connectivity index (χ0n) is 10.4. The molecule has 96 valence electrons. The van der Waals surface area contributed by atoms with Gasteiger partial charge < -0.3 is 14.6 Å². The lowest BCUT2D eigenvalue weighted by molar-refractivity contribution is 0.563. The quantitative estimate of drug-likeness (QED) is 0.870. The second-order valence-electron chi connectivity index (χ2n) is 4.76. The Kier molecular flexibility index (Phi) is 3.34. The van der Waals surface area contributed by atoms with Gasteiger partial charge in [-0.2, -0.15) is 0 Å². The molecule has 1 aliphatic rings. The van der Waals surface area contributed by atoms with Crippen molar-refractivity contribution in [2.75, 3.05) is 11.9 Å². The Balaban J connectivity index is 1.57. The molecule has 1 aliphatic carbocycles. The Morgan fingerprint density at radius 1 is 1.56 bits per heavy atom. The molecule has 5 heteroatoms. The van der Waals surface area contributed by atoms with Gasteiger partial charge in [0.2, 0.25) is 0 Å². The molecular weight excluding hydrogens is 246 g/mol. The summed E-state index contributed by atoms with van der Waals surface area (Å²) in [7, 11) is 2.06. The second-order valence-corrected chi connectivity index (χ2v) is 5.60. The summed E-state index contributed by atoms with van der Waals surface area (Å²) in [5.41, 5.74) is 2.31. The van der Waals surface area contributed by atoms with Crippen molar-refractivity contribution in [1.29, 1.82) is 0 Å². The lowest BCUT2D eigenvalue weighted by Crippen LogP contribution is -2.17. The van der Waals surface area contributed by atoms with Gasteiger partial charge in [0, 0.05) is 37.1 Å². The van der Waals surface area contributed by atoms with Crippen molar-refractivity contribution in [3.63, 3.8) is 0 Å². The summed E-state index contributed by atoms with van der Waals surface area (Å²) in [5.74, 6) is 0. The third-order valence-corrected chi connectivity index (χ3v) is 4.02. The molecule has 2 aromatic rings. The molecule has 0 amide bonds. The molecule has 0 bridgehead atoms. The SMILES string of the molecule is CN(Cc1ccoc1)c1nc(CNC2CC2)cs1. The first-order valence-corrected chi connectivity index (χ1v) is 7.09. The summed E-state index contributed by atoms with van der Waals surface area (Å²) in [6.07, 6.45) is 6.12. The van der Waals surface area contributed by atoms with E-state index in [9.17, 15) is 0 Å². The normalized spacial score (nSPS) is 14.9. The number of thiazole rings is 1. The first-order chi connectivity index (χ1) is 8.81. The molecule has 2 heterocycles. The number of hydrogen-bond donors (Lipinski definition) is 1. The molecule has 18 heavy (non-hydrogen) atoms. The van der Waals surface area contributed by atoms with Crippen LogP contribution in [0.5, 0.6) is 0 Å². The fourth-order valence-electron chi connectivity index (χ4n) is 1.81. The molecule has 4 nitrogen and oxygen atoms in total. The summed E-state index contributed by atoms with van der Waals surface area (Å²) < 4.78 is 5.07. The van der Waals surface area contributed by atoms with Crippen LogP contribution in [0.25, 0.3) is 0 Å². The van der Waals surface area contributed by atoms with Crippen molar-refractivity contribution in [1.82, 2.24) is 10.3 Å². The largest absolute Gasteiger partial charge is 0.472 e. The first kappa shape index (κ1) is 11.7. The molecule has 0 unspecified atom stereocenters. The van der Waals surface area contributed by atoms with Crippen molar-refractivity contribution in [2.45, 2.75) is 32.0 Å². The minimum absolute atomic E-state index is 0.735. The summed E-state index contributed by atoms with van der Waals surface area (Å²) in [5, 5.41) is 6.68. The van der Waals surface area contributed by atoms with Crippen molar-refractivity contribution in [3.8, 4) is 0 Å². The molecular formula is C13H17N3OS. The van der Waals surface area contributed by atoms with Crippen LogP contribution in [0, 0.1) is 0 Å². The monoisotopic (exact) mass is 263 g/mol. The average molecular weight is 263 g/mol. The van der Waals surface area contributed by atoms with Gasteiger partial charge in [-0.1, -0.05) is 0 Å². The Bertz CT molecular complexity index is 490. The van der Waals surface area contributed by atoms with Crippen LogP contribution in [0.3, 0.4) is 0 Å². The highest BCUT2D eigenvalue weighted by Gasteiger charge is 2.20. The van der Waals surface area contributed by atoms with E-state index in [2.05, 4.69) is 27.6 Å². The maximum Gasteiger partial charge on any atom is 0.185 e. The van der Waals surface area contributed by atoms with Gasteiger partial charge in [-0.3, -0.25) is 0 Å². The van der Waals surface area contributed by atoms with Crippen LogP contribution < -0.4 is 10.2 Å². The topological polar surface area (TPSA) is 41.3 Å². The summed E-state index contributed by atoms with van der Waals surface area (Å²) in [6, 6.07) is 2.72. The molecule has 0 aliphatic heterocycles. The number of hydrogen-bond acceptors (Lipinski definition) is 5. The molecule has 2 aromatic heterocycles. The lowest BCUT2D eigenvalue weighted by Gasteiger charge is -2.13. The van der Waals surface area contributed by atoms with E-state index in [0.717, 1.165) is 30.0 Å². The van der Waals surface area contributed by atoms with Crippen LogP contribution >= 0.6 is 11.3 Å². The first-order valence-electron chi connectivity index (χ1n) is 6.21. The molecule has 0 atom stereocenters. The number of furan rings is 1. The Morgan fingerprint density at radius 2 is 2.44 bits per heavy atom. The average Bonchev–Trinajstić information content (AvgIpc) is 2.88. The zero-order valence-corrected chi connectivity index (χ0v) is 11.2. The maximum atomic E-state index is 5.07. The van der Waals surface area contributed by atoms with Gasteiger partial charge in [0.25, 0.3) is 0 Å². The Morgan fingerprint density at radius 3 is 3.17 bits per heavy atom. The van der Waals surface area contributed by atoms with Gasteiger partial charge in [-0.05, 0) is 18.9 Å². The number of aromatic nitrogens is 1. The van der Waals surface area contributed by atoms with Crippen LogP contribution in [-0.2, 0) is 13.1 Å². The third kappa shape index (κ3) is 2.91. The van der Waals surface area contributed by atoms with Gasteiger partial charge in [0.05, 0.1) is 18.2 Å². The van der Waals surface area contributed by atoms with E-state index in [0.29, 0.717) is 0 Å². The van der Waals surface area contributed by atoms with E-state index in [1.807, 2.05) is 6.07 Å². The standard InChI is InChI=1S/C13H17N3OS/c1-16(7-10-4-5-17-8-10)13-15-12(9-18-13)6-14-11-2-3-11/h4-5,8-9,11,14H,2-3,6-7H2,1H3. The van der Waals surface area contributed by atoms with Gasteiger partial charge in [-0.25, -0.2) is 4.98 Å². The fourth-order valence-corrected chi connectivity index (χ4v) is 2.61. The molecule has 1 fully saturated rings. The van der Waals surface area contributed by atoms with Gasteiger partial charge >= 0.3 is 0 Å². The minimum atomic E-state index is 0.735. The number of nitrogens with zero attached hydrogens (tertiary/aromatic N) is 2. The van der Waals surface area contributed by atoms with Crippen molar-refractivity contribution in [3.05, 3.63) is 35.2 Å². The van der Waals surface area contributed by atoms with Gasteiger partial charge in [-0.15, -0.1) is 11.3 Å². The van der Waals surface area contributed by atoms with Gasteiger partial charge in [0.15, 0.2) is 5.13 Å². The molecule has 0 radical (unpaired) electrons. The van der Waals surface area contributed by atoms with Crippen LogP contribution in [0.1, 0.15) is 24.1 Å². The molecule has 1 N–H and O–H groups in total. The molecule has 0 spiro atoms. The van der Waals surface area contributed by atoms with E-state index >= 15 is 0 Å². The van der Waals surface area contributed by atoms with Crippen molar-refractivity contribution < 1.29 is 4.42 Å². The van der Waals surface area contributed by atoms with Crippen molar-refractivity contribution >= 4 is 16.5 Å². The predicted octanol–water partition coefficient (Wildman–Crippen LogP) is 2.62. The molecule has 0 aromatic carbocycles. The molecule has 1 saturated carbocycles. The Labute approximate surface area is 111 Å². The number of anilines is 1. The van der Waals surface area contributed by atoms with Crippen LogP contribution in [0.2, 0.25) is 0 Å². The van der Waals surface area contributed by atoms with E-state index in [4.69, 9.17) is 4.42 Å². The molecule has 3 rings (SSSR count). The number of rotatable bonds is 6. The number of nitrogens with one attached hydrogen (secondary N) is 1. The van der Waals surface area contributed by atoms with Crippen LogP contribution in [0.15, 0.2) is 28.4 Å². The van der Waals surface area contributed by atoms with E-state index in [1.165, 1.54) is 18.4 Å². The van der Waals surface area contributed by atoms with E-state index in [-0.39, 0.29) is 0 Å². The smallest absolute Gasteiger partial charge is 0.185 e. The van der Waals surface area contributed by atoms with E-state index in [1.54, 1.807) is 23.9 Å². The highest BCUT2D eigenvalue weighted by Crippen LogP contribution is 2.23. The maximum absolute atomic E-state index is 5.07. The van der Waals surface area contributed by atoms with Gasteiger partial charge in [0.1, 0.15) is 0 Å². The lowest BCUT2D eigenvalue weighted by atomic mass is 10.3. The van der Waals surface area contributed by atoms with Crippen molar-refractivity contribution in [2.24, 2.45) is 0 Å². The highest BCUT2D eigenvalue weighted by molar-refractivity contribution is 7.13. The van der Waals surface area contributed by atoms with Crippen LogP contribution in [-0.4, -0.2) is 18.1 Å². The summed E-state index contributed by atoms with van der Waals surface area (Å²) in [6.45, 7) is 1.72. The fraction of sp³-hybridized carbons (Fsp3) is 0.462. The summed E-state index contributed by atoms with van der Waals surface area (Å²) in [4.78, 5) is 6.79. The highest BCUT2D eigenvalue weighted by atomic mass is 32.1. The summed E-state index contributed by atoms with van der Waals surface area (Å²) >= 11 is 1.70. The third-order valence-electron chi connectivity index (χ3n) is 3.02. The predicted molar refractivity (Wildman–Crippen MR) is 72.8 cm³/mol. The minimum Gasteiger partial charge on any atom is -0.472 e. The van der Waals surface area contributed by atoms with Crippen LogP contribution in [0.4, 0.5) is 5.13 Å². The Hall–Kier alpha value is -1.33. The molecule has 0 saturated heterocycles.